The van der Waals surface area contributed by atoms with Gasteiger partial charge in [0.15, 0.2) is 0 Å². The number of esters is 1. The fraction of sp³-hybridized carbons (Fsp3) is 0.929. The van der Waals surface area contributed by atoms with E-state index in [1.54, 1.807) is 0 Å². The molecule has 3 heterocycles. The molecule has 0 aliphatic carbocycles. The number of likely N-dealkylation sites (tertiary alicyclic amines) is 1. The summed E-state index contributed by atoms with van der Waals surface area (Å²) in [5, 5.41) is 3.08. The normalized spacial score (nSPS) is 38.9. The van der Waals surface area contributed by atoms with E-state index in [0.717, 1.165) is 26.2 Å². The first-order valence-electron chi connectivity index (χ1n) is 7.66. The zero-order valence-corrected chi connectivity index (χ0v) is 13.3. The predicted molar refractivity (Wildman–Crippen MR) is 79.6 cm³/mol. The van der Waals surface area contributed by atoms with Crippen LogP contribution in [-0.4, -0.2) is 78.8 Å². The van der Waals surface area contributed by atoms with Crippen molar-refractivity contribution in [2.75, 3.05) is 39.7 Å². The van der Waals surface area contributed by atoms with Crippen molar-refractivity contribution in [3.8, 4) is 0 Å². The molecule has 0 spiro atoms. The van der Waals surface area contributed by atoms with Gasteiger partial charge in [-0.2, -0.15) is 11.8 Å². The van der Waals surface area contributed by atoms with Crippen LogP contribution in [0.25, 0.3) is 0 Å². The van der Waals surface area contributed by atoms with Crippen molar-refractivity contribution in [3.63, 3.8) is 0 Å². The molecule has 0 aromatic heterocycles. The van der Waals surface area contributed by atoms with Crippen LogP contribution in [-0.2, 0) is 9.53 Å². The van der Waals surface area contributed by atoms with Crippen LogP contribution in [0.3, 0.4) is 0 Å². The highest BCUT2D eigenvalue weighted by atomic mass is 32.2. The second-order valence-electron chi connectivity index (χ2n) is 6.27. The molecule has 0 saturated carbocycles. The summed E-state index contributed by atoms with van der Waals surface area (Å²) in [4.78, 5) is 16.9. The van der Waals surface area contributed by atoms with Crippen molar-refractivity contribution in [2.24, 2.45) is 0 Å². The number of nitrogens with zero attached hydrogens (tertiary/aromatic N) is 2. The first-order valence-corrected chi connectivity index (χ1v) is 8.71. The molecule has 5 nitrogen and oxygen atoms in total. The van der Waals surface area contributed by atoms with Crippen molar-refractivity contribution < 1.29 is 14.8 Å². The second-order valence-corrected chi connectivity index (χ2v) is 7.68. The van der Waals surface area contributed by atoms with Gasteiger partial charge in [-0.3, -0.25) is 9.69 Å². The zero-order chi connectivity index (χ0) is 14.1. The highest BCUT2D eigenvalue weighted by Gasteiger charge is 2.46. The summed E-state index contributed by atoms with van der Waals surface area (Å²) in [7, 11) is 3.71. The molecule has 4 atom stereocenters. The maximum absolute atomic E-state index is 12.1. The number of quaternary nitrogens is 1. The number of rotatable bonds is 3. The quantitative estimate of drug-likeness (QED) is 0.701. The number of carbonyl (C=O) groups is 1. The number of likely N-dealkylation sites (N-methyl/N-ethyl adjacent to an activating group) is 1. The molecule has 3 fully saturated rings. The van der Waals surface area contributed by atoms with Gasteiger partial charge in [0.1, 0.15) is 18.8 Å². The molecule has 0 radical (unpaired) electrons. The van der Waals surface area contributed by atoms with E-state index in [1.807, 2.05) is 0 Å². The minimum Gasteiger partial charge on any atom is -0.468 e. The number of carbonyl (C=O) groups excluding carboxylic acids is 1. The van der Waals surface area contributed by atoms with E-state index in [4.69, 9.17) is 4.74 Å². The number of methoxy groups -OCH3 is 1. The number of hydrogen-bond donors (Lipinski definition) is 1. The van der Waals surface area contributed by atoms with Crippen LogP contribution in [0.4, 0.5) is 0 Å². The molecule has 114 valence electrons. The van der Waals surface area contributed by atoms with Gasteiger partial charge in [-0.15, -0.1) is 0 Å². The number of piperidine rings is 1. The maximum Gasteiger partial charge on any atom is 0.323 e. The molecule has 0 aromatic carbocycles. The van der Waals surface area contributed by atoms with Crippen LogP contribution >= 0.6 is 11.8 Å². The standard InChI is InChI=1S/C14H25N3O2S/c1-16-9-15-11-6-12(14(18)19-2)17(8-13(11)16)7-10-4-3-5-20-10/h10-13,15H,3-9H2,1-2H3/p+1/t10?,11?,12-,13?/m0/s1. The Hall–Kier alpha value is -0.300. The number of hydrogen-bond acceptors (Lipinski definition) is 5. The number of thioether (sulfide) groups is 1. The fourth-order valence-electron chi connectivity index (χ4n) is 3.86. The van der Waals surface area contributed by atoms with Gasteiger partial charge in [0.2, 0.25) is 0 Å². The smallest absolute Gasteiger partial charge is 0.323 e. The number of fused-ring (bicyclic) bond motifs is 1. The van der Waals surface area contributed by atoms with Gasteiger partial charge in [-0.1, -0.05) is 0 Å². The SMILES string of the molecule is COC(=O)[C@@H]1CC2[NH2+]CN(C)C2CN1CC1CCCS1. The van der Waals surface area contributed by atoms with Crippen LogP contribution in [0.5, 0.6) is 0 Å². The molecule has 3 rings (SSSR count). The van der Waals surface area contributed by atoms with Gasteiger partial charge in [-0.05, 0) is 25.6 Å². The molecule has 0 aromatic rings. The third-order valence-corrected chi connectivity index (χ3v) is 6.43. The van der Waals surface area contributed by atoms with Gasteiger partial charge in [0, 0.05) is 24.8 Å². The Balaban J connectivity index is 1.70. The second kappa shape index (κ2) is 6.22. The van der Waals surface area contributed by atoms with Crippen LogP contribution in [0.1, 0.15) is 19.3 Å². The first-order chi connectivity index (χ1) is 9.69. The molecular formula is C14H26N3O2S+. The molecule has 0 amide bonds. The minimum atomic E-state index is -0.0469. The topological polar surface area (TPSA) is 49.4 Å². The Morgan fingerprint density at radius 2 is 2.35 bits per heavy atom. The van der Waals surface area contributed by atoms with Crippen molar-refractivity contribution >= 4 is 17.7 Å². The number of ether oxygens (including phenoxy) is 1. The molecule has 3 aliphatic heterocycles. The summed E-state index contributed by atoms with van der Waals surface area (Å²) in [6.45, 7) is 3.10. The summed E-state index contributed by atoms with van der Waals surface area (Å²) in [5.41, 5.74) is 0. The Labute approximate surface area is 125 Å². The van der Waals surface area contributed by atoms with Crippen molar-refractivity contribution in [1.29, 1.82) is 0 Å². The van der Waals surface area contributed by atoms with Gasteiger partial charge < -0.3 is 10.1 Å². The molecule has 3 aliphatic rings. The largest absolute Gasteiger partial charge is 0.468 e. The minimum absolute atomic E-state index is 0.0369. The van der Waals surface area contributed by atoms with E-state index >= 15 is 0 Å². The van der Waals surface area contributed by atoms with Gasteiger partial charge in [0.05, 0.1) is 13.2 Å². The summed E-state index contributed by atoms with van der Waals surface area (Å²) in [5.74, 6) is 1.23. The molecule has 3 unspecified atom stereocenters. The van der Waals surface area contributed by atoms with E-state index in [2.05, 4.69) is 33.9 Å². The van der Waals surface area contributed by atoms with Crippen LogP contribution < -0.4 is 5.32 Å². The Bertz CT molecular complexity index is 362. The average Bonchev–Trinajstić information content (AvgIpc) is 3.08. The van der Waals surface area contributed by atoms with Crippen LogP contribution in [0, 0.1) is 0 Å². The van der Waals surface area contributed by atoms with Crippen molar-refractivity contribution in [1.82, 2.24) is 9.80 Å². The summed E-state index contributed by atoms with van der Waals surface area (Å²) >= 11 is 2.07. The molecule has 6 heteroatoms. The summed E-state index contributed by atoms with van der Waals surface area (Å²) in [6, 6.07) is 1.10. The summed E-state index contributed by atoms with van der Waals surface area (Å²) < 4.78 is 5.04. The molecule has 0 bridgehead atoms. The predicted octanol–water partition coefficient (Wildman–Crippen LogP) is -0.667. The number of nitrogens with two attached hydrogens (primary N) is 1. The molecule has 2 N–H and O–H groups in total. The van der Waals surface area contributed by atoms with Crippen molar-refractivity contribution in [2.45, 2.75) is 42.6 Å². The average molecular weight is 300 g/mol. The lowest BCUT2D eigenvalue weighted by molar-refractivity contribution is -0.678. The van der Waals surface area contributed by atoms with E-state index in [9.17, 15) is 4.79 Å². The van der Waals surface area contributed by atoms with Crippen LogP contribution in [0.15, 0.2) is 0 Å². The maximum atomic E-state index is 12.1. The highest BCUT2D eigenvalue weighted by Crippen LogP contribution is 2.30. The summed E-state index contributed by atoms with van der Waals surface area (Å²) in [6.07, 6.45) is 3.55. The van der Waals surface area contributed by atoms with Crippen molar-refractivity contribution in [3.05, 3.63) is 0 Å². The van der Waals surface area contributed by atoms with Gasteiger partial charge in [0.25, 0.3) is 0 Å². The molecule has 3 saturated heterocycles. The lowest BCUT2D eigenvalue weighted by atomic mass is 9.93. The fourth-order valence-corrected chi connectivity index (χ4v) is 5.15. The zero-order valence-electron chi connectivity index (χ0n) is 12.5. The van der Waals surface area contributed by atoms with E-state index < -0.39 is 0 Å². The van der Waals surface area contributed by atoms with E-state index in [1.165, 1.54) is 25.7 Å². The van der Waals surface area contributed by atoms with Gasteiger partial charge >= 0.3 is 5.97 Å². The molecule has 20 heavy (non-hydrogen) atoms. The monoisotopic (exact) mass is 300 g/mol. The van der Waals surface area contributed by atoms with Crippen LogP contribution in [0.2, 0.25) is 0 Å². The molecular weight excluding hydrogens is 274 g/mol. The van der Waals surface area contributed by atoms with E-state index in [-0.39, 0.29) is 12.0 Å². The Morgan fingerprint density at radius 3 is 3.05 bits per heavy atom. The Morgan fingerprint density at radius 1 is 1.50 bits per heavy atom. The lowest BCUT2D eigenvalue weighted by Crippen LogP contribution is -2.89. The Kier molecular flexibility index (Phi) is 4.55. The van der Waals surface area contributed by atoms with Gasteiger partial charge in [-0.25, -0.2) is 4.90 Å². The highest BCUT2D eigenvalue weighted by molar-refractivity contribution is 8.00. The van der Waals surface area contributed by atoms with E-state index in [0.29, 0.717) is 17.3 Å². The lowest BCUT2D eigenvalue weighted by Gasteiger charge is -2.40. The third kappa shape index (κ3) is 2.84. The first kappa shape index (κ1) is 14.6. The third-order valence-electron chi connectivity index (χ3n) is 5.05.